The third kappa shape index (κ3) is 3.03. The van der Waals surface area contributed by atoms with Gasteiger partial charge in [-0.05, 0) is 31.6 Å². The van der Waals surface area contributed by atoms with Crippen molar-refractivity contribution in [2.24, 2.45) is 5.92 Å². The summed E-state index contributed by atoms with van der Waals surface area (Å²) in [5, 5.41) is 9.05. The maximum Gasteiger partial charge on any atom is 0.322 e. The predicted molar refractivity (Wildman–Crippen MR) is 67.7 cm³/mol. The van der Waals surface area contributed by atoms with Crippen molar-refractivity contribution in [2.45, 2.75) is 51.0 Å². The maximum absolute atomic E-state index is 12.3. The van der Waals surface area contributed by atoms with Crippen LogP contribution in [-0.2, 0) is 14.8 Å². The van der Waals surface area contributed by atoms with E-state index in [1.807, 2.05) is 0 Å². The van der Waals surface area contributed by atoms with Crippen molar-refractivity contribution in [1.29, 1.82) is 0 Å². The third-order valence-corrected chi connectivity index (χ3v) is 6.06. The van der Waals surface area contributed by atoms with Gasteiger partial charge in [-0.2, -0.15) is 4.31 Å². The third-order valence-electron chi connectivity index (χ3n) is 4.02. The minimum atomic E-state index is -3.40. The molecule has 5 nitrogen and oxygen atoms in total. The van der Waals surface area contributed by atoms with Crippen LogP contribution in [0, 0.1) is 5.92 Å². The molecule has 0 spiro atoms. The second-order valence-electron chi connectivity index (χ2n) is 5.39. The van der Waals surface area contributed by atoms with Gasteiger partial charge < -0.3 is 5.11 Å². The predicted octanol–water partition coefficient (Wildman–Crippen LogP) is 1.45. The monoisotopic (exact) mass is 275 g/mol. The van der Waals surface area contributed by atoms with Gasteiger partial charge >= 0.3 is 5.97 Å². The molecule has 0 amide bonds. The Morgan fingerprint density at radius 3 is 2.39 bits per heavy atom. The number of carboxylic acid groups (broad SMARTS) is 1. The summed E-state index contributed by atoms with van der Waals surface area (Å²) >= 11 is 0. The fourth-order valence-corrected chi connectivity index (χ4v) is 5.18. The molecule has 1 aliphatic heterocycles. The molecule has 1 N–H and O–H groups in total. The molecule has 104 valence electrons. The topological polar surface area (TPSA) is 74.7 Å². The lowest BCUT2D eigenvalue weighted by atomic mass is 9.91. The van der Waals surface area contributed by atoms with Crippen molar-refractivity contribution in [2.75, 3.05) is 12.3 Å². The summed E-state index contributed by atoms with van der Waals surface area (Å²) < 4.78 is 25.8. The quantitative estimate of drug-likeness (QED) is 0.842. The van der Waals surface area contributed by atoms with Crippen molar-refractivity contribution in [3.05, 3.63) is 0 Å². The van der Waals surface area contributed by atoms with Crippen molar-refractivity contribution in [3.8, 4) is 0 Å². The lowest BCUT2D eigenvalue weighted by Crippen LogP contribution is -2.42. The van der Waals surface area contributed by atoms with Crippen molar-refractivity contribution < 1.29 is 18.3 Å². The molecule has 1 heterocycles. The fourth-order valence-electron chi connectivity index (χ4n) is 3.07. The van der Waals surface area contributed by atoms with Crippen LogP contribution in [-0.4, -0.2) is 42.1 Å². The number of carboxylic acids is 1. The average molecular weight is 275 g/mol. The van der Waals surface area contributed by atoms with Gasteiger partial charge in [0.05, 0.1) is 5.75 Å². The first-order valence-electron chi connectivity index (χ1n) is 6.73. The molecule has 2 fully saturated rings. The van der Waals surface area contributed by atoms with Gasteiger partial charge in [0.25, 0.3) is 0 Å². The number of sulfonamides is 1. The Morgan fingerprint density at radius 2 is 1.78 bits per heavy atom. The van der Waals surface area contributed by atoms with E-state index >= 15 is 0 Å². The fraction of sp³-hybridized carbons (Fsp3) is 0.917. The minimum Gasteiger partial charge on any atom is -0.480 e. The van der Waals surface area contributed by atoms with Gasteiger partial charge in [-0.1, -0.05) is 19.3 Å². The Morgan fingerprint density at radius 1 is 1.11 bits per heavy atom. The molecule has 0 bridgehead atoms. The van der Waals surface area contributed by atoms with Gasteiger partial charge in [-0.25, -0.2) is 8.42 Å². The number of hydrogen-bond donors (Lipinski definition) is 1. The molecule has 1 atom stereocenters. The van der Waals surface area contributed by atoms with Gasteiger partial charge in [-0.3, -0.25) is 4.79 Å². The van der Waals surface area contributed by atoms with Crippen LogP contribution in [0.2, 0.25) is 0 Å². The summed E-state index contributed by atoms with van der Waals surface area (Å²) in [4.78, 5) is 11.0. The van der Waals surface area contributed by atoms with Crippen molar-refractivity contribution >= 4 is 16.0 Å². The van der Waals surface area contributed by atoms with E-state index in [0.29, 0.717) is 19.4 Å². The average Bonchev–Trinajstić information content (AvgIpc) is 2.79. The minimum absolute atomic E-state index is 0.136. The molecule has 18 heavy (non-hydrogen) atoms. The highest BCUT2D eigenvalue weighted by molar-refractivity contribution is 7.89. The molecule has 0 radical (unpaired) electrons. The van der Waals surface area contributed by atoms with Crippen LogP contribution in [0.25, 0.3) is 0 Å². The number of hydrogen-bond acceptors (Lipinski definition) is 3. The Balaban J connectivity index is 2.03. The van der Waals surface area contributed by atoms with E-state index in [2.05, 4.69) is 0 Å². The maximum atomic E-state index is 12.3. The van der Waals surface area contributed by atoms with E-state index in [1.54, 1.807) is 0 Å². The molecule has 2 aliphatic rings. The number of aliphatic carboxylic acids is 1. The van der Waals surface area contributed by atoms with Gasteiger partial charge in [0.2, 0.25) is 10.0 Å². The first-order valence-corrected chi connectivity index (χ1v) is 8.34. The molecule has 0 aromatic carbocycles. The van der Waals surface area contributed by atoms with Crippen LogP contribution < -0.4 is 0 Å². The van der Waals surface area contributed by atoms with E-state index < -0.39 is 22.0 Å². The van der Waals surface area contributed by atoms with E-state index in [-0.39, 0.29) is 11.7 Å². The summed E-state index contributed by atoms with van der Waals surface area (Å²) in [5.41, 5.74) is 0. The van der Waals surface area contributed by atoms with E-state index in [9.17, 15) is 13.2 Å². The van der Waals surface area contributed by atoms with Crippen LogP contribution in [0.15, 0.2) is 0 Å². The number of rotatable bonds is 4. The second kappa shape index (κ2) is 5.57. The number of carbonyl (C=O) groups is 1. The van der Waals surface area contributed by atoms with E-state index in [0.717, 1.165) is 25.7 Å². The molecule has 1 saturated carbocycles. The van der Waals surface area contributed by atoms with Gasteiger partial charge in [0.15, 0.2) is 0 Å². The van der Waals surface area contributed by atoms with Crippen LogP contribution >= 0.6 is 0 Å². The zero-order chi connectivity index (χ0) is 13.2. The van der Waals surface area contributed by atoms with Gasteiger partial charge in [0, 0.05) is 6.54 Å². The van der Waals surface area contributed by atoms with Gasteiger partial charge in [0.1, 0.15) is 6.04 Å². The van der Waals surface area contributed by atoms with E-state index in [4.69, 9.17) is 5.11 Å². The molecular formula is C12H21NO4S. The lowest BCUT2D eigenvalue weighted by molar-refractivity contribution is -0.140. The summed E-state index contributed by atoms with van der Waals surface area (Å²) in [6, 6.07) is -0.835. The van der Waals surface area contributed by atoms with Gasteiger partial charge in [-0.15, -0.1) is 0 Å². The summed E-state index contributed by atoms with van der Waals surface area (Å²) in [6.07, 6.45) is 6.42. The first kappa shape index (κ1) is 13.8. The summed E-state index contributed by atoms with van der Waals surface area (Å²) in [6.45, 7) is 0.367. The van der Waals surface area contributed by atoms with Crippen LogP contribution in [0.5, 0.6) is 0 Å². The smallest absolute Gasteiger partial charge is 0.322 e. The van der Waals surface area contributed by atoms with Crippen molar-refractivity contribution in [3.63, 3.8) is 0 Å². The normalized spacial score (nSPS) is 27.4. The largest absolute Gasteiger partial charge is 0.480 e. The number of nitrogens with zero attached hydrogens (tertiary/aromatic N) is 1. The highest BCUT2D eigenvalue weighted by Crippen LogP contribution is 2.28. The Kier molecular flexibility index (Phi) is 4.27. The SMILES string of the molecule is O=C(O)C1CCCN1S(=O)(=O)CC1CCCCC1. The van der Waals surface area contributed by atoms with Crippen LogP contribution in [0.3, 0.4) is 0 Å². The van der Waals surface area contributed by atoms with Crippen LogP contribution in [0.1, 0.15) is 44.9 Å². The zero-order valence-electron chi connectivity index (χ0n) is 10.5. The molecule has 2 rings (SSSR count). The van der Waals surface area contributed by atoms with Crippen LogP contribution in [0.4, 0.5) is 0 Å². The second-order valence-corrected chi connectivity index (χ2v) is 7.36. The Hall–Kier alpha value is -0.620. The Bertz CT molecular complexity index is 400. The standard InChI is InChI=1S/C12H21NO4S/c14-12(15)11-7-4-8-13(11)18(16,17)9-10-5-2-1-3-6-10/h10-11H,1-9H2,(H,14,15). The Labute approximate surface area is 108 Å². The summed E-state index contributed by atoms with van der Waals surface area (Å²) in [5.74, 6) is -0.657. The lowest BCUT2D eigenvalue weighted by Gasteiger charge is -2.26. The molecule has 0 aromatic heterocycles. The molecule has 0 aromatic rings. The molecule has 1 saturated heterocycles. The van der Waals surface area contributed by atoms with Crippen molar-refractivity contribution in [1.82, 2.24) is 4.31 Å². The zero-order valence-corrected chi connectivity index (χ0v) is 11.4. The molecule has 6 heteroatoms. The first-order chi connectivity index (χ1) is 8.50. The highest BCUT2D eigenvalue weighted by Gasteiger charge is 2.39. The highest BCUT2D eigenvalue weighted by atomic mass is 32.2. The summed E-state index contributed by atoms with van der Waals surface area (Å²) in [7, 11) is -3.40. The molecular weight excluding hydrogens is 254 g/mol. The molecule has 1 unspecified atom stereocenters. The van der Waals surface area contributed by atoms with E-state index in [1.165, 1.54) is 10.7 Å². The molecule has 1 aliphatic carbocycles.